The summed E-state index contributed by atoms with van der Waals surface area (Å²) < 4.78 is 9.91. The molecule has 0 fully saturated rings. The first-order chi connectivity index (χ1) is 9.47. The van der Waals surface area contributed by atoms with Crippen LogP contribution in [-0.4, -0.2) is 38.2 Å². The highest BCUT2D eigenvalue weighted by atomic mass is 16.5. The smallest absolute Gasteiger partial charge is 0.341 e. The molecule has 0 spiro atoms. The van der Waals surface area contributed by atoms with Crippen LogP contribution in [0.1, 0.15) is 22.8 Å². The third-order valence-corrected chi connectivity index (χ3v) is 2.80. The van der Waals surface area contributed by atoms with Gasteiger partial charge in [-0.1, -0.05) is 12.1 Å². The van der Waals surface area contributed by atoms with Crippen LogP contribution in [0.3, 0.4) is 0 Å². The van der Waals surface area contributed by atoms with Gasteiger partial charge in [-0.25, -0.2) is 4.79 Å². The molecule has 0 saturated heterocycles. The second kappa shape index (κ2) is 7.49. The molecule has 0 unspecified atom stereocenters. The second-order valence-corrected chi connectivity index (χ2v) is 4.37. The molecule has 0 aromatic heterocycles. The number of benzene rings is 1. The van der Waals surface area contributed by atoms with E-state index in [-0.39, 0.29) is 11.5 Å². The lowest BCUT2D eigenvalue weighted by atomic mass is 10.1. The van der Waals surface area contributed by atoms with Crippen LogP contribution in [0.25, 0.3) is 0 Å². The summed E-state index contributed by atoms with van der Waals surface area (Å²) in [5.41, 5.74) is 7.23. The molecule has 3 N–H and O–H groups in total. The zero-order valence-corrected chi connectivity index (χ0v) is 11.9. The van der Waals surface area contributed by atoms with Crippen LogP contribution in [0.4, 0.5) is 5.69 Å². The number of nitrogens with one attached hydrogen (secondary N) is 1. The lowest BCUT2D eigenvalue weighted by Gasteiger charge is -2.14. The number of nitrogens with two attached hydrogens (primary N) is 1. The van der Waals surface area contributed by atoms with Crippen molar-refractivity contribution in [2.75, 3.05) is 26.0 Å². The lowest BCUT2D eigenvalue weighted by molar-refractivity contribution is -0.129. The minimum Gasteiger partial charge on any atom is -0.449 e. The third kappa shape index (κ3) is 4.24. The summed E-state index contributed by atoms with van der Waals surface area (Å²) in [6.07, 6.45) is -0.890. The molecule has 20 heavy (non-hydrogen) atoms. The average molecular weight is 280 g/mol. The molecule has 0 saturated carbocycles. The standard InChI is InChI=1S/C14H20N2O4/c1-9-5-4-6-11(12(9)15)14(18)20-10(2)13(17)16-7-8-19-3/h4-6,10H,7-8,15H2,1-3H3,(H,16,17)/t10-/m1/s1. The van der Waals surface area contributed by atoms with Crippen LogP contribution in [0.5, 0.6) is 0 Å². The molecule has 1 aromatic rings. The van der Waals surface area contributed by atoms with E-state index in [0.29, 0.717) is 18.8 Å². The largest absolute Gasteiger partial charge is 0.449 e. The summed E-state index contributed by atoms with van der Waals surface area (Å²) in [5, 5.41) is 2.59. The van der Waals surface area contributed by atoms with Crippen LogP contribution in [0.2, 0.25) is 0 Å². The Bertz CT molecular complexity index is 488. The van der Waals surface area contributed by atoms with Crippen molar-refractivity contribution in [3.8, 4) is 0 Å². The first-order valence-corrected chi connectivity index (χ1v) is 6.30. The van der Waals surface area contributed by atoms with Crippen molar-refractivity contribution in [3.05, 3.63) is 29.3 Å². The molecule has 1 rings (SSSR count). The third-order valence-electron chi connectivity index (χ3n) is 2.80. The van der Waals surface area contributed by atoms with E-state index in [1.807, 2.05) is 0 Å². The van der Waals surface area contributed by atoms with Gasteiger partial charge in [-0.15, -0.1) is 0 Å². The van der Waals surface area contributed by atoms with Gasteiger partial charge in [0.15, 0.2) is 6.10 Å². The SMILES string of the molecule is COCCNC(=O)[C@@H](C)OC(=O)c1cccc(C)c1N. The van der Waals surface area contributed by atoms with Crippen molar-refractivity contribution < 1.29 is 19.1 Å². The Kier molecular flexibility index (Phi) is 5.99. The molecule has 0 aliphatic carbocycles. The van der Waals surface area contributed by atoms with Gasteiger partial charge >= 0.3 is 5.97 Å². The van der Waals surface area contributed by atoms with Crippen LogP contribution >= 0.6 is 0 Å². The average Bonchev–Trinajstić information content (AvgIpc) is 2.41. The first-order valence-electron chi connectivity index (χ1n) is 6.30. The second-order valence-electron chi connectivity index (χ2n) is 4.37. The predicted molar refractivity (Wildman–Crippen MR) is 75.4 cm³/mol. The van der Waals surface area contributed by atoms with Gasteiger partial charge in [-0.3, -0.25) is 4.79 Å². The molecule has 0 aliphatic rings. The van der Waals surface area contributed by atoms with Crippen LogP contribution in [-0.2, 0) is 14.3 Å². The maximum absolute atomic E-state index is 12.0. The highest BCUT2D eigenvalue weighted by molar-refractivity contribution is 5.97. The number of carbonyl (C=O) groups is 2. The lowest BCUT2D eigenvalue weighted by Crippen LogP contribution is -2.37. The summed E-state index contributed by atoms with van der Waals surface area (Å²) in [4.78, 5) is 23.6. The molecule has 0 radical (unpaired) electrons. The highest BCUT2D eigenvalue weighted by Crippen LogP contribution is 2.17. The van der Waals surface area contributed by atoms with Gasteiger partial charge in [0.25, 0.3) is 5.91 Å². The van der Waals surface area contributed by atoms with E-state index in [9.17, 15) is 9.59 Å². The van der Waals surface area contributed by atoms with E-state index in [1.165, 1.54) is 14.0 Å². The van der Waals surface area contributed by atoms with E-state index in [0.717, 1.165) is 5.56 Å². The van der Waals surface area contributed by atoms with E-state index in [1.54, 1.807) is 25.1 Å². The van der Waals surface area contributed by atoms with Crippen molar-refractivity contribution in [3.63, 3.8) is 0 Å². The number of rotatable bonds is 6. The highest BCUT2D eigenvalue weighted by Gasteiger charge is 2.20. The maximum atomic E-state index is 12.0. The van der Waals surface area contributed by atoms with Gasteiger partial charge in [0, 0.05) is 19.3 Å². The Morgan fingerprint density at radius 2 is 2.10 bits per heavy atom. The normalized spacial score (nSPS) is 11.8. The fourth-order valence-electron chi connectivity index (χ4n) is 1.56. The molecule has 0 bridgehead atoms. The van der Waals surface area contributed by atoms with Gasteiger partial charge in [0.1, 0.15) is 0 Å². The Balaban J connectivity index is 2.61. The summed E-state index contributed by atoms with van der Waals surface area (Å²) >= 11 is 0. The summed E-state index contributed by atoms with van der Waals surface area (Å²) in [5.74, 6) is -0.984. The number of para-hydroxylation sites is 1. The van der Waals surface area contributed by atoms with Crippen LogP contribution < -0.4 is 11.1 Å². The van der Waals surface area contributed by atoms with E-state index < -0.39 is 12.1 Å². The van der Waals surface area contributed by atoms with Crippen molar-refractivity contribution in [2.24, 2.45) is 0 Å². The number of esters is 1. The van der Waals surface area contributed by atoms with E-state index in [4.69, 9.17) is 15.2 Å². The number of aryl methyl sites for hydroxylation is 1. The quantitative estimate of drug-likeness (QED) is 0.459. The monoisotopic (exact) mass is 280 g/mol. The molecule has 0 aliphatic heterocycles. The predicted octanol–water partition coefficient (Wildman–Crippen LogP) is 0.885. The van der Waals surface area contributed by atoms with Crippen molar-refractivity contribution in [1.29, 1.82) is 0 Å². The summed E-state index contributed by atoms with van der Waals surface area (Å²) in [6.45, 7) is 4.07. The van der Waals surface area contributed by atoms with E-state index in [2.05, 4.69) is 5.32 Å². The zero-order valence-electron chi connectivity index (χ0n) is 11.9. The fourth-order valence-corrected chi connectivity index (χ4v) is 1.56. The summed E-state index contributed by atoms with van der Waals surface area (Å²) in [7, 11) is 1.54. The molecule has 0 heterocycles. The Labute approximate surface area is 118 Å². The van der Waals surface area contributed by atoms with E-state index >= 15 is 0 Å². The van der Waals surface area contributed by atoms with Gasteiger partial charge in [0.2, 0.25) is 0 Å². The van der Waals surface area contributed by atoms with Crippen LogP contribution in [0.15, 0.2) is 18.2 Å². The number of hydrogen-bond acceptors (Lipinski definition) is 5. The molecule has 1 amide bonds. The molecule has 1 aromatic carbocycles. The van der Waals surface area contributed by atoms with Gasteiger partial charge in [-0.05, 0) is 25.5 Å². The van der Waals surface area contributed by atoms with Crippen molar-refractivity contribution in [1.82, 2.24) is 5.32 Å². The number of nitrogen functional groups attached to an aromatic ring is 1. The van der Waals surface area contributed by atoms with Crippen molar-refractivity contribution >= 4 is 17.6 Å². The number of carbonyl (C=O) groups excluding carboxylic acids is 2. The molecule has 6 heteroatoms. The number of hydrogen-bond donors (Lipinski definition) is 2. The Hall–Kier alpha value is -2.08. The first kappa shape index (κ1) is 16.0. The number of anilines is 1. The number of ether oxygens (including phenoxy) is 2. The Morgan fingerprint density at radius 3 is 2.75 bits per heavy atom. The van der Waals surface area contributed by atoms with Gasteiger partial charge < -0.3 is 20.5 Å². The molecule has 110 valence electrons. The fraction of sp³-hybridized carbons (Fsp3) is 0.429. The zero-order chi connectivity index (χ0) is 15.1. The summed E-state index contributed by atoms with van der Waals surface area (Å²) in [6, 6.07) is 5.08. The topological polar surface area (TPSA) is 90.6 Å². The minimum atomic E-state index is -0.890. The molecule has 1 atom stereocenters. The molecule has 6 nitrogen and oxygen atoms in total. The van der Waals surface area contributed by atoms with Gasteiger partial charge in [0.05, 0.1) is 12.2 Å². The van der Waals surface area contributed by atoms with Crippen molar-refractivity contribution in [2.45, 2.75) is 20.0 Å². The van der Waals surface area contributed by atoms with Crippen LogP contribution in [0, 0.1) is 6.92 Å². The molecular formula is C14H20N2O4. The molecular weight excluding hydrogens is 260 g/mol. The maximum Gasteiger partial charge on any atom is 0.341 e. The Morgan fingerprint density at radius 1 is 1.40 bits per heavy atom. The number of methoxy groups -OCH3 is 1. The minimum absolute atomic E-state index is 0.265. The number of amides is 1. The van der Waals surface area contributed by atoms with Gasteiger partial charge in [-0.2, -0.15) is 0 Å².